The van der Waals surface area contributed by atoms with E-state index in [-0.39, 0.29) is 11.6 Å². The van der Waals surface area contributed by atoms with Gasteiger partial charge < -0.3 is 5.73 Å². The van der Waals surface area contributed by atoms with Gasteiger partial charge in [0.15, 0.2) is 0 Å². The zero-order valence-corrected chi connectivity index (χ0v) is 10.2. The fourth-order valence-electron chi connectivity index (χ4n) is 1.91. The summed E-state index contributed by atoms with van der Waals surface area (Å²) in [6.07, 6.45) is 0. The minimum atomic E-state index is -0.311. The van der Waals surface area contributed by atoms with E-state index in [1.54, 1.807) is 12.1 Å². The Bertz CT molecular complexity index is 640. The van der Waals surface area contributed by atoms with Crippen LogP contribution in [0, 0.1) is 31.0 Å². The molecule has 0 saturated heterocycles. The standard InChI is InChI=1S/C14H12FN3/c1-8-9(2)18-14(17)12(7-16)13(8)10-3-5-11(15)6-4-10/h3-6H,1-2H3,(H2,17,18). The molecule has 2 N–H and O–H groups in total. The number of hydrogen-bond acceptors (Lipinski definition) is 3. The van der Waals surface area contributed by atoms with Crippen molar-refractivity contribution >= 4 is 5.82 Å². The van der Waals surface area contributed by atoms with Crippen molar-refractivity contribution in [3.05, 3.63) is 46.9 Å². The lowest BCUT2D eigenvalue weighted by Gasteiger charge is -2.12. The van der Waals surface area contributed by atoms with Gasteiger partial charge in [-0.1, -0.05) is 12.1 Å². The number of nitrogen functional groups attached to an aromatic ring is 1. The number of nitrogens with two attached hydrogens (primary N) is 1. The Morgan fingerprint density at radius 3 is 2.39 bits per heavy atom. The number of nitriles is 1. The average molecular weight is 241 g/mol. The van der Waals surface area contributed by atoms with E-state index >= 15 is 0 Å². The Morgan fingerprint density at radius 2 is 1.83 bits per heavy atom. The van der Waals surface area contributed by atoms with Crippen LogP contribution in [0.3, 0.4) is 0 Å². The lowest BCUT2D eigenvalue weighted by atomic mass is 9.95. The molecule has 2 rings (SSSR count). The molecule has 3 nitrogen and oxygen atoms in total. The second-order valence-electron chi connectivity index (χ2n) is 4.08. The zero-order valence-electron chi connectivity index (χ0n) is 10.2. The molecule has 0 spiro atoms. The van der Waals surface area contributed by atoms with E-state index in [1.807, 2.05) is 13.8 Å². The van der Waals surface area contributed by atoms with Crippen LogP contribution in [-0.4, -0.2) is 4.98 Å². The van der Waals surface area contributed by atoms with E-state index < -0.39 is 0 Å². The summed E-state index contributed by atoms with van der Waals surface area (Å²) < 4.78 is 12.9. The van der Waals surface area contributed by atoms with E-state index in [0.717, 1.165) is 22.4 Å². The van der Waals surface area contributed by atoms with Crippen LogP contribution in [0.15, 0.2) is 24.3 Å². The first-order valence-corrected chi connectivity index (χ1v) is 5.47. The van der Waals surface area contributed by atoms with Gasteiger partial charge in [-0.2, -0.15) is 5.26 Å². The smallest absolute Gasteiger partial charge is 0.142 e. The van der Waals surface area contributed by atoms with Crippen LogP contribution < -0.4 is 5.73 Å². The molecule has 0 bridgehead atoms. The van der Waals surface area contributed by atoms with E-state index in [9.17, 15) is 9.65 Å². The summed E-state index contributed by atoms with van der Waals surface area (Å²) in [6, 6.07) is 8.06. The van der Waals surface area contributed by atoms with E-state index in [0.29, 0.717) is 5.56 Å². The highest BCUT2D eigenvalue weighted by molar-refractivity contribution is 5.78. The van der Waals surface area contributed by atoms with Crippen molar-refractivity contribution in [3.8, 4) is 17.2 Å². The first-order chi connectivity index (χ1) is 8.54. The normalized spacial score (nSPS) is 10.1. The van der Waals surface area contributed by atoms with Gasteiger partial charge in [0.1, 0.15) is 23.3 Å². The number of rotatable bonds is 1. The molecule has 0 radical (unpaired) electrons. The van der Waals surface area contributed by atoms with Crippen LogP contribution in [0.4, 0.5) is 10.2 Å². The molecule has 0 aliphatic carbocycles. The van der Waals surface area contributed by atoms with E-state index in [2.05, 4.69) is 11.1 Å². The molecule has 1 aromatic carbocycles. The molecule has 2 aromatic rings. The van der Waals surface area contributed by atoms with Crippen molar-refractivity contribution in [2.75, 3.05) is 5.73 Å². The second-order valence-corrected chi connectivity index (χ2v) is 4.08. The van der Waals surface area contributed by atoms with Crippen molar-refractivity contribution in [1.29, 1.82) is 5.26 Å². The molecular formula is C14H12FN3. The monoisotopic (exact) mass is 241 g/mol. The van der Waals surface area contributed by atoms with Crippen LogP contribution in [0.25, 0.3) is 11.1 Å². The topological polar surface area (TPSA) is 62.7 Å². The number of pyridine rings is 1. The predicted octanol–water partition coefficient (Wildman–Crippen LogP) is 2.96. The van der Waals surface area contributed by atoms with Gasteiger partial charge in [-0.05, 0) is 37.1 Å². The van der Waals surface area contributed by atoms with Crippen LogP contribution >= 0.6 is 0 Å². The van der Waals surface area contributed by atoms with Crippen molar-refractivity contribution in [3.63, 3.8) is 0 Å². The van der Waals surface area contributed by atoms with Gasteiger partial charge in [-0.3, -0.25) is 0 Å². The van der Waals surface area contributed by atoms with E-state index in [1.165, 1.54) is 12.1 Å². The predicted molar refractivity (Wildman–Crippen MR) is 68.2 cm³/mol. The molecule has 90 valence electrons. The second kappa shape index (κ2) is 4.46. The molecule has 0 aliphatic rings. The summed E-state index contributed by atoms with van der Waals surface area (Å²) in [6.45, 7) is 3.71. The highest BCUT2D eigenvalue weighted by Crippen LogP contribution is 2.31. The van der Waals surface area contributed by atoms with Crippen molar-refractivity contribution < 1.29 is 4.39 Å². The molecular weight excluding hydrogens is 229 g/mol. The van der Waals surface area contributed by atoms with Crippen LogP contribution in [0.2, 0.25) is 0 Å². The molecule has 1 aromatic heterocycles. The van der Waals surface area contributed by atoms with E-state index in [4.69, 9.17) is 5.73 Å². The minimum absolute atomic E-state index is 0.208. The first kappa shape index (κ1) is 12.1. The number of halogens is 1. The molecule has 0 amide bonds. The summed E-state index contributed by atoms with van der Waals surface area (Å²) in [5.41, 5.74) is 9.24. The Morgan fingerprint density at radius 1 is 1.22 bits per heavy atom. The Kier molecular flexibility index (Phi) is 2.99. The van der Waals surface area contributed by atoms with Gasteiger partial charge in [0, 0.05) is 11.3 Å². The Hall–Kier alpha value is -2.41. The van der Waals surface area contributed by atoms with Crippen LogP contribution in [0.1, 0.15) is 16.8 Å². The van der Waals surface area contributed by atoms with Gasteiger partial charge in [0.25, 0.3) is 0 Å². The molecule has 0 saturated carbocycles. The third-order valence-corrected chi connectivity index (χ3v) is 2.96. The highest BCUT2D eigenvalue weighted by Gasteiger charge is 2.15. The lowest BCUT2D eigenvalue weighted by molar-refractivity contribution is 0.628. The molecule has 0 atom stereocenters. The van der Waals surface area contributed by atoms with Gasteiger partial charge in [0.2, 0.25) is 0 Å². The van der Waals surface area contributed by atoms with Crippen molar-refractivity contribution in [2.45, 2.75) is 13.8 Å². The van der Waals surface area contributed by atoms with Gasteiger partial charge >= 0.3 is 0 Å². The largest absolute Gasteiger partial charge is 0.383 e. The maximum absolute atomic E-state index is 12.9. The molecule has 18 heavy (non-hydrogen) atoms. The quantitative estimate of drug-likeness (QED) is 0.834. The molecule has 0 aliphatic heterocycles. The maximum Gasteiger partial charge on any atom is 0.142 e. The van der Waals surface area contributed by atoms with Crippen molar-refractivity contribution in [2.24, 2.45) is 0 Å². The summed E-state index contributed by atoms with van der Waals surface area (Å²) in [7, 11) is 0. The lowest BCUT2D eigenvalue weighted by Crippen LogP contribution is -2.02. The average Bonchev–Trinajstić information content (AvgIpc) is 2.35. The zero-order chi connectivity index (χ0) is 13.3. The summed E-state index contributed by atoms with van der Waals surface area (Å²) in [5.74, 6) is -0.103. The van der Waals surface area contributed by atoms with Gasteiger partial charge in [-0.15, -0.1) is 0 Å². The molecule has 0 unspecified atom stereocenters. The molecule has 1 heterocycles. The third-order valence-electron chi connectivity index (χ3n) is 2.96. The van der Waals surface area contributed by atoms with Gasteiger partial charge in [0.05, 0.1) is 0 Å². The summed E-state index contributed by atoms with van der Waals surface area (Å²) >= 11 is 0. The molecule has 4 heteroatoms. The number of aromatic nitrogens is 1. The fourth-order valence-corrected chi connectivity index (χ4v) is 1.91. The minimum Gasteiger partial charge on any atom is -0.383 e. The number of hydrogen-bond donors (Lipinski definition) is 1. The number of anilines is 1. The molecule has 0 fully saturated rings. The summed E-state index contributed by atoms with van der Waals surface area (Å²) in [5, 5.41) is 9.19. The SMILES string of the molecule is Cc1nc(N)c(C#N)c(-c2ccc(F)cc2)c1C. The number of nitrogens with zero attached hydrogens (tertiary/aromatic N) is 2. The van der Waals surface area contributed by atoms with Crippen molar-refractivity contribution in [1.82, 2.24) is 4.98 Å². The number of aryl methyl sites for hydroxylation is 1. The number of benzene rings is 1. The maximum atomic E-state index is 12.9. The first-order valence-electron chi connectivity index (χ1n) is 5.47. The van der Waals surface area contributed by atoms with Crippen LogP contribution in [-0.2, 0) is 0 Å². The Balaban J connectivity index is 2.77. The summed E-state index contributed by atoms with van der Waals surface area (Å²) in [4.78, 5) is 4.13. The third kappa shape index (κ3) is 1.91. The van der Waals surface area contributed by atoms with Gasteiger partial charge in [-0.25, -0.2) is 9.37 Å². The fraction of sp³-hybridized carbons (Fsp3) is 0.143. The van der Waals surface area contributed by atoms with Crippen LogP contribution in [0.5, 0.6) is 0 Å². The Labute approximate surface area is 105 Å². The highest BCUT2D eigenvalue weighted by atomic mass is 19.1.